The van der Waals surface area contributed by atoms with E-state index in [-0.39, 0.29) is 18.1 Å². The largest absolute Gasteiger partial charge is 0.376 e. The molecule has 0 aliphatic carbocycles. The molecule has 1 aromatic heterocycles. The highest BCUT2D eigenvalue weighted by Gasteiger charge is 2.35. The van der Waals surface area contributed by atoms with Crippen LogP contribution in [-0.2, 0) is 16.6 Å². The Kier molecular flexibility index (Phi) is 5.25. The number of hydrogen-bond acceptors (Lipinski definition) is 4. The Balaban J connectivity index is 1.66. The normalized spacial score (nSPS) is 26.0. The first-order valence-corrected chi connectivity index (χ1v) is 9.14. The Hall–Kier alpha value is -1.40. The first kappa shape index (κ1) is 17.4. The van der Waals surface area contributed by atoms with Crippen LogP contribution in [0, 0.1) is 13.8 Å². The number of likely N-dealkylation sites (tertiary alicyclic amines) is 1. The number of hydrogen-bond donors (Lipinski definition) is 1. The molecule has 2 aliphatic rings. The van der Waals surface area contributed by atoms with Gasteiger partial charge < -0.3 is 10.1 Å². The molecule has 0 unspecified atom stereocenters. The van der Waals surface area contributed by atoms with Gasteiger partial charge in [-0.15, -0.1) is 0 Å². The number of carbonyl (C=O) groups excluding carboxylic acids is 1. The SMILES string of the molecule is Cc1nn(C)c(C)c1[C@@H]1CCCN1[C@H](C)C(=O)NC[C@@H]1CCCO1. The number of amides is 1. The van der Waals surface area contributed by atoms with Crippen molar-refractivity contribution in [2.24, 2.45) is 7.05 Å². The van der Waals surface area contributed by atoms with Gasteiger partial charge in [0.25, 0.3) is 0 Å². The van der Waals surface area contributed by atoms with Gasteiger partial charge in [-0.2, -0.15) is 5.10 Å². The van der Waals surface area contributed by atoms with Gasteiger partial charge in [-0.1, -0.05) is 0 Å². The van der Waals surface area contributed by atoms with Crippen molar-refractivity contribution in [3.8, 4) is 0 Å². The third kappa shape index (κ3) is 3.35. The second-order valence-electron chi connectivity index (χ2n) is 7.16. The molecule has 3 rings (SSSR count). The summed E-state index contributed by atoms with van der Waals surface area (Å²) in [6, 6.07) is 0.167. The fraction of sp³-hybridized carbons (Fsp3) is 0.778. The fourth-order valence-electron chi connectivity index (χ4n) is 4.15. The summed E-state index contributed by atoms with van der Waals surface area (Å²) in [5.41, 5.74) is 3.59. The van der Waals surface area contributed by atoms with Crippen LogP contribution >= 0.6 is 0 Å². The molecule has 2 aliphatic heterocycles. The molecule has 0 radical (unpaired) electrons. The van der Waals surface area contributed by atoms with Gasteiger partial charge in [-0.25, -0.2) is 0 Å². The van der Waals surface area contributed by atoms with Crippen LogP contribution in [0.3, 0.4) is 0 Å². The quantitative estimate of drug-likeness (QED) is 0.893. The van der Waals surface area contributed by atoms with E-state index in [0.29, 0.717) is 12.6 Å². The zero-order valence-electron chi connectivity index (χ0n) is 15.3. The minimum absolute atomic E-state index is 0.108. The molecular formula is C18H30N4O2. The molecule has 6 heteroatoms. The van der Waals surface area contributed by atoms with Gasteiger partial charge in [0, 0.05) is 37.5 Å². The number of nitrogens with one attached hydrogen (secondary N) is 1. The second-order valence-corrected chi connectivity index (χ2v) is 7.16. The van der Waals surface area contributed by atoms with E-state index < -0.39 is 0 Å². The van der Waals surface area contributed by atoms with Crippen LogP contribution in [0.5, 0.6) is 0 Å². The first-order chi connectivity index (χ1) is 11.5. The predicted octanol–water partition coefficient (Wildman–Crippen LogP) is 1.86. The molecule has 0 bridgehead atoms. The zero-order chi connectivity index (χ0) is 17.3. The van der Waals surface area contributed by atoms with Crippen molar-refractivity contribution in [3.05, 3.63) is 17.0 Å². The van der Waals surface area contributed by atoms with Crippen LogP contribution in [0.25, 0.3) is 0 Å². The summed E-state index contributed by atoms with van der Waals surface area (Å²) in [4.78, 5) is 14.9. The van der Waals surface area contributed by atoms with Crippen molar-refractivity contribution in [1.82, 2.24) is 20.0 Å². The van der Waals surface area contributed by atoms with Gasteiger partial charge in [-0.05, 0) is 53.0 Å². The summed E-state index contributed by atoms with van der Waals surface area (Å²) in [7, 11) is 1.99. The van der Waals surface area contributed by atoms with Gasteiger partial charge in [0.05, 0.1) is 17.8 Å². The van der Waals surface area contributed by atoms with Crippen LogP contribution in [-0.4, -0.2) is 52.4 Å². The van der Waals surface area contributed by atoms with Crippen molar-refractivity contribution >= 4 is 5.91 Å². The van der Waals surface area contributed by atoms with Crippen molar-refractivity contribution in [2.45, 2.75) is 64.6 Å². The lowest BCUT2D eigenvalue weighted by atomic mass is 10.0. The highest BCUT2D eigenvalue weighted by molar-refractivity contribution is 5.81. The van der Waals surface area contributed by atoms with E-state index >= 15 is 0 Å². The maximum absolute atomic E-state index is 12.6. The summed E-state index contributed by atoms with van der Waals surface area (Å²) in [5, 5.41) is 7.64. The molecule has 1 amide bonds. The van der Waals surface area contributed by atoms with Crippen LogP contribution in [0.2, 0.25) is 0 Å². The van der Waals surface area contributed by atoms with Crippen LogP contribution in [0.15, 0.2) is 0 Å². The predicted molar refractivity (Wildman–Crippen MR) is 92.8 cm³/mol. The number of rotatable bonds is 5. The highest BCUT2D eigenvalue weighted by Crippen LogP contribution is 2.36. The maximum atomic E-state index is 12.6. The molecule has 1 N–H and O–H groups in total. The van der Waals surface area contributed by atoms with Crippen LogP contribution in [0.4, 0.5) is 0 Å². The van der Waals surface area contributed by atoms with E-state index in [9.17, 15) is 4.79 Å². The molecule has 3 atom stereocenters. The summed E-state index contributed by atoms with van der Waals surface area (Å²) in [6.45, 7) is 8.63. The van der Waals surface area contributed by atoms with E-state index in [4.69, 9.17) is 4.74 Å². The molecule has 2 fully saturated rings. The van der Waals surface area contributed by atoms with E-state index in [1.165, 1.54) is 11.3 Å². The van der Waals surface area contributed by atoms with Crippen molar-refractivity contribution in [1.29, 1.82) is 0 Å². The number of carbonyl (C=O) groups is 1. The molecule has 134 valence electrons. The highest BCUT2D eigenvalue weighted by atomic mass is 16.5. The minimum Gasteiger partial charge on any atom is -0.376 e. The maximum Gasteiger partial charge on any atom is 0.237 e. The molecule has 24 heavy (non-hydrogen) atoms. The van der Waals surface area contributed by atoms with Crippen molar-refractivity contribution in [3.63, 3.8) is 0 Å². The summed E-state index contributed by atoms with van der Waals surface area (Å²) in [6.07, 6.45) is 4.57. The minimum atomic E-state index is -0.127. The Morgan fingerprint density at radius 1 is 1.38 bits per heavy atom. The topological polar surface area (TPSA) is 59.4 Å². The van der Waals surface area contributed by atoms with Gasteiger partial charge >= 0.3 is 0 Å². The smallest absolute Gasteiger partial charge is 0.237 e. The lowest BCUT2D eigenvalue weighted by Gasteiger charge is -2.30. The third-order valence-electron chi connectivity index (χ3n) is 5.60. The zero-order valence-corrected chi connectivity index (χ0v) is 15.3. The van der Waals surface area contributed by atoms with Gasteiger partial charge in [0.2, 0.25) is 5.91 Å². The standard InChI is InChI=1S/C18H30N4O2/c1-12-17(13(2)21(4)20-12)16-8-5-9-22(16)14(3)18(23)19-11-15-7-6-10-24-15/h14-16H,5-11H2,1-4H3,(H,19,23)/t14-,15+,16+/m1/s1. The number of nitrogens with zero attached hydrogens (tertiary/aromatic N) is 3. The number of aryl methyl sites for hydroxylation is 2. The lowest BCUT2D eigenvalue weighted by molar-refractivity contribution is -0.126. The Bertz CT molecular complexity index is 592. The molecule has 1 aromatic rings. The van der Waals surface area contributed by atoms with Crippen molar-refractivity contribution < 1.29 is 9.53 Å². The average Bonchev–Trinajstić information content (AvgIpc) is 3.27. The Morgan fingerprint density at radius 3 is 2.79 bits per heavy atom. The molecule has 6 nitrogen and oxygen atoms in total. The van der Waals surface area contributed by atoms with Gasteiger partial charge in [-0.3, -0.25) is 14.4 Å². The van der Waals surface area contributed by atoms with E-state index in [1.54, 1.807) is 0 Å². The average molecular weight is 334 g/mol. The van der Waals surface area contributed by atoms with Gasteiger partial charge in [0.15, 0.2) is 0 Å². The molecular weight excluding hydrogens is 304 g/mol. The molecule has 3 heterocycles. The Labute approximate surface area is 144 Å². The fourth-order valence-corrected chi connectivity index (χ4v) is 4.15. The van der Waals surface area contributed by atoms with E-state index in [1.807, 2.05) is 18.7 Å². The lowest BCUT2D eigenvalue weighted by Crippen LogP contribution is -2.46. The number of aromatic nitrogens is 2. The Morgan fingerprint density at radius 2 is 2.17 bits per heavy atom. The van der Waals surface area contributed by atoms with Crippen LogP contribution < -0.4 is 5.32 Å². The third-order valence-corrected chi connectivity index (χ3v) is 5.60. The summed E-state index contributed by atoms with van der Waals surface area (Å²) < 4.78 is 7.54. The molecule has 0 spiro atoms. The number of ether oxygens (including phenoxy) is 1. The van der Waals surface area contributed by atoms with E-state index in [2.05, 4.69) is 29.2 Å². The van der Waals surface area contributed by atoms with E-state index in [0.717, 1.165) is 44.5 Å². The van der Waals surface area contributed by atoms with Crippen LogP contribution in [0.1, 0.15) is 55.6 Å². The summed E-state index contributed by atoms with van der Waals surface area (Å²) >= 11 is 0. The first-order valence-electron chi connectivity index (χ1n) is 9.14. The monoisotopic (exact) mass is 334 g/mol. The summed E-state index contributed by atoms with van der Waals surface area (Å²) in [5.74, 6) is 0.108. The molecule has 0 saturated carbocycles. The van der Waals surface area contributed by atoms with Gasteiger partial charge in [0.1, 0.15) is 0 Å². The molecule has 0 aromatic carbocycles. The van der Waals surface area contributed by atoms with Crippen molar-refractivity contribution in [2.75, 3.05) is 19.7 Å². The molecule has 2 saturated heterocycles. The second kappa shape index (κ2) is 7.23.